The lowest BCUT2D eigenvalue weighted by molar-refractivity contribution is -0.0257. The minimum absolute atomic E-state index is 0.602. The van der Waals surface area contributed by atoms with Crippen LogP contribution in [0.1, 0.15) is 58.8 Å². The molecule has 1 spiro atoms. The van der Waals surface area contributed by atoms with Crippen LogP contribution in [-0.2, 0) is 0 Å². The van der Waals surface area contributed by atoms with Gasteiger partial charge in [0.15, 0.2) is 0 Å². The zero-order chi connectivity index (χ0) is 14.7. The van der Waals surface area contributed by atoms with E-state index in [4.69, 9.17) is 4.74 Å². The van der Waals surface area contributed by atoms with Crippen molar-refractivity contribution in [2.75, 3.05) is 6.61 Å². The average molecular weight is 285 g/mol. The third kappa shape index (κ3) is 3.12. The van der Waals surface area contributed by atoms with Crippen LogP contribution >= 0.6 is 0 Å². The molecule has 0 saturated heterocycles. The molecular formula is C20H29O. The topological polar surface area (TPSA) is 9.23 Å². The summed E-state index contributed by atoms with van der Waals surface area (Å²) in [5.41, 5.74) is 0.602. The van der Waals surface area contributed by atoms with E-state index < -0.39 is 0 Å². The number of hydrogen-bond acceptors (Lipinski definition) is 1. The molecule has 2 saturated carbocycles. The van der Waals surface area contributed by atoms with Gasteiger partial charge in [0, 0.05) is 6.07 Å². The molecule has 1 heteroatoms. The summed E-state index contributed by atoms with van der Waals surface area (Å²) in [6.07, 6.45) is 9.86. The Balaban J connectivity index is 1.62. The second-order valence-electron chi connectivity index (χ2n) is 7.47. The molecule has 3 rings (SSSR count). The molecule has 0 N–H and O–H groups in total. The third-order valence-corrected chi connectivity index (χ3v) is 6.32. The number of hydrogen-bond donors (Lipinski definition) is 0. The van der Waals surface area contributed by atoms with Crippen molar-refractivity contribution in [3.05, 3.63) is 30.3 Å². The molecule has 2 aliphatic rings. The molecule has 0 aromatic heterocycles. The van der Waals surface area contributed by atoms with Crippen LogP contribution in [-0.4, -0.2) is 6.61 Å². The highest BCUT2D eigenvalue weighted by atomic mass is 16.5. The predicted octanol–water partition coefficient (Wildman–Crippen LogP) is 5.50. The number of rotatable bonds is 3. The lowest BCUT2D eigenvalue weighted by Gasteiger charge is -2.52. The summed E-state index contributed by atoms with van der Waals surface area (Å²) in [6, 6.07) is 11.1. The molecule has 0 bridgehead atoms. The van der Waals surface area contributed by atoms with Gasteiger partial charge >= 0.3 is 0 Å². The van der Waals surface area contributed by atoms with Crippen molar-refractivity contribution in [1.82, 2.24) is 0 Å². The van der Waals surface area contributed by atoms with E-state index >= 15 is 0 Å². The van der Waals surface area contributed by atoms with Gasteiger partial charge in [-0.2, -0.15) is 0 Å². The summed E-state index contributed by atoms with van der Waals surface area (Å²) in [6.45, 7) is 5.88. The molecule has 1 aromatic rings. The first-order chi connectivity index (χ1) is 10.2. The molecule has 2 aliphatic carbocycles. The second-order valence-corrected chi connectivity index (χ2v) is 7.47. The normalized spacial score (nSPS) is 36.6. The molecule has 1 aromatic carbocycles. The maximum Gasteiger partial charge on any atom is 0.127 e. The predicted molar refractivity (Wildman–Crippen MR) is 87.3 cm³/mol. The Hall–Kier alpha value is -0.980. The smallest absolute Gasteiger partial charge is 0.127 e. The van der Waals surface area contributed by atoms with E-state index in [1.54, 1.807) is 0 Å². The maximum absolute atomic E-state index is 5.99. The fourth-order valence-electron chi connectivity index (χ4n) is 4.96. The van der Waals surface area contributed by atoms with Gasteiger partial charge in [0.05, 0.1) is 6.61 Å². The van der Waals surface area contributed by atoms with Crippen molar-refractivity contribution in [2.45, 2.75) is 58.8 Å². The van der Waals surface area contributed by atoms with Crippen molar-refractivity contribution in [1.29, 1.82) is 0 Å². The van der Waals surface area contributed by atoms with Gasteiger partial charge in [-0.3, -0.25) is 0 Å². The van der Waals surface area contributed by atoms with Crippen molar-refractivity contribution in [3.63, 3.8) is 0 Å². The van der Waals surface area contributed by atoms with E-state index in [9.17, 15) is 0 Å². The quantitative estimate of drug-likeness (QED) is 0.712. The molecule has 21 heavy (non-hydrogen) atoms. The van der Waals surface area contributed by atoms with E-state index in [0.717, 1.165) is 30.1 Å². The molecule has 0 aliphatic heterocycles. The fourth-order valence-corrected chi connectivity index (χ4v) is 4.96. The largest absolute Gasteiger partial charge is 0.493 e. The molecule has 3 unspecified atom stereocenters. The van der Waals surface area contributed by atoms with Crippen LogP contribution in [0.4, 0.5) is 0 Å². The number of benzene rings is 1. The van der Waals surface area contributed by atoms with E-state index in [1.807, 2.05) is 24.3 Å². The van der Waals surface area contributed by atoms with Gasteiger partial charge in [-0.1, -0.05) is 57.7 Å². The first kappa shape index (κ1) is 14.9. The van der Waals surface area contributed by atoms with Crippen LogP contribution in [0.2, 0.25) is 0 Å². The molecule has 0 heterocycles. The summed E-state index contributed by atoms with van der Waals surface area (Å²) in [5.74, 6) is 3.43. The maximum atomic E-state index is 5.99. The van der Waals surface area contributed by atoms with Gasteiger partial charge in [-0.25, -0.2) is 0 Å². The Morgan fingerprint density at radius 1 is 1.14 bits per heavy atom. The minimum Gasteiger partial charge on any atom is -0.493 e. The molecule has 3 atom stereocenters. The highest BCUT2D eigenvalue weighted by Gasteiger charge is 2.46. The van der Waals surface area contributed by atoms with Gasteiger partial charge in [0.25, 0.3) is 0 Å². The van der Waals surface area contributed by atoms with Crippen molar-refractivity contribution >= 4 is 0 Å². The van der Waals surface area contributed by atoms with Crippen LogP contribution in [0.5, 0.6) is 5.75 Å². The second kappa shape index (κ2) is 6.42. The summed E-state index contributed by atoms with van der Waals surface area (Å²) in [4.78, 5) is 0. The molecule has 1 nitrogen and oxygen atoms in total. The summed E-state index contributed by atoms with van der Waals surface area (Å²) in [5, 5.41) is 0. The van der Waals surface area contributed by atoms with E-state index in [0.29, 0.717) is 5.41 Å². The third-order valence-electron chi connectivity index (χ3n) is 6.32. The Kier molecular flexibility index (Phi) is 4.57. The first-order valence-corrected chi connectivity index (χ1v) is 8.80. The lowest BCUT2D eigenvalue weighted by atomic mass is 9.53. The first-order valence-electron chi connectivity index (χ1n) is 8.80. The highest BCUT2D eigenvalue weighted by molar-refractivity contribution is 5.19. The Labute approximate surface area is 130 Å². The molecule has 1 radical (unpaired) electrons. The number of para-hydroxylation sites is 1. The Morgan fingerprint density at radius 2 is 1.95 bits per heavy atom. The van der Waals surface area contributed by atoms with Crippen LogP contribution in [0.15, 0.2) is 24.3 Å². The Morgan fingerprint density at radius 3 is 2.67 bits per heavy atom. The summed E-state index contributed by atoms with van der Waals surface area (Å²) >= 11 is 0. The molecule has 0 amide bonds. The molecule has 2 fully saturated rings. The lowest BCUT2D eigenvalue weighted by Crippen LogP contribution is -2.43. The summed E-state index contributed by atoms with van der Waals surface area (Å²) in [7, 11) is 0. The fraction of sp³-hybridized carbons (Fsp3) is 0.700. The van der Waals surface area contributed by atoms with Crippen molar-refractivity contribution < 1.29 is 4.74 Å². The zero-order valence-corrected chi connectivity index (χ0v) is 13.6. The van der Waals surface area contributed by atoms with Gasteiger partial charge < -0.3 is 4.74 Å². The zero-order valence-electron chi connectivity index (χ0n) is 13.6. The van der Waals surface area contributed by atoms with Gasteiger partial charge in [0.2, 0.25) is 0 Å². The van der Waals surface area contributed by atoms with Crippen molar-refractivity contribution in [2.24, 2.45) is 23.2 Å². The monoisotopic (exact) mass is 285 g/mol. The summed E-state index contributed by atoms with van der Waals surface area (Å²) < 4.78 is 5.99. The van der Waals surface area contributed by atoms with Gasteiger partial charge in [-0.15, -0.1) is 0 Å². The van der Waals surface area contributed by atoms with E-state index in [1.165, 1.54) is 44.9 Å². The van der Waals surface area contributed by atoms with Crippen LogP contribution in [0.3, 0.4) is 0 Å². The van der Waals surface area contributed by atoms with Crippen molar-refractivity contribution in [3.8, 4) is 5.75 Å². The SMILES string of the molecule is CC1CCCC(C)C12CCCC(COc1[c]cccc1)C2. The van der Waals surface area contributed by atoms with Crippen LogP contribution in [0, 0.1) is 29.2 Å². The van der Waals surface area contributed by atoms with Gasteiger partial charge in [0.1, 0.15) is 5.75 Å². The van der Waals surface area contributed by atoms with Crippen LogP contribution in [0.25, 0.3) is 0 Å². The molecule has 115 valence electrons. The molecular weight excluding hydrogens is 256 g/mol. The number of ether oxygens (including phenoxy) is 1. The minimum atomic E-state index is 0.602. The van der Waals surface area contributed by atoms with E-state index in [-0.39, 0.29) is 0 Å². The average Bonchev–Trinajstić information content (AvgIpc) is 2.52. The van der Waals surface area contributed by atoms with Crippen LogP contribution < -0.4 is 4.74 Å². The van der Waals surface area contributed by atoms with E-state index in [2.05, 4.69) is 19.9 Å². The van der Waals surface area contributed by atoms with Gasteiger partial charge in [-0.05, 0) is 48.5 Å². The Bertz CT molecular complexity index is 428. The standard InChI is InChI=1S/C20H29O/c1-16-8-6-9-17(2)20(16)13-7-10-18(14-20)15-21-19-11-4-3-5-12-19/h3-5,11,16-18H,6-10,13-15H2,1-2H3. The highest BCUT2D eigenvalue weighted by Crippen LogP contribution is 2.55.